The summed E-state index contributed by atoms with van der Waals surface area (Å²) in [5.41, 5.74) is 8.46. The quantitative estimate of drug-likeness (QED) is 0.880. The van der Waals surface area contributed by atoms with E-state index >= 15 is 0 Å². The van der Waals surface area contributed by atoms with E-state index in [1.54, 1.807) is 17.7 Å². The molecular weight excluding hydrogens is 270 g/mol. The van der Waals surface area contributed by atoms with Gasteiger partial charge >= 0.3 is 0 Å². The van der Waals surface area contributed by atoms with E-state index in [0.717, 1.165) is 23.1 Å². The van der Waals surface area contributed by atoms with Crippen LogP contribution in [0.3, 0.4) is 0 Å². The molecule has 1 aliphatic rings. The van der Waals surface area contributed by atoms with Gasteiger partial charge in [-0.25, -0.2) is 9.97 Å². The van der Waals surface area contributed by atoms with Gasteiger partial charge in [-0.05, 0) is 30.7 Å². The van der Waals surface area contributed by atoms with Crippen LogP contribution < -0.4 is 10.5 Å². The molecular formula is C15H21N3OS. The molecule has 0 saturated heterocycles. The van der Waals surface area contributed by atoms with E-state index in [2.05, 4.69) is 22.3 Å². The van der Waals surface area contributed by atoms with Crippen molar-refractivity contribution in [1.82, 2.24) is 9.97 Å². The summed E-state index contributed by atoms with van der Waals surface area (Å²) in [5.74, 6) is 0.683. The monoisotopic (exact) mass is 291 g/mol. The van der Waals surface area contributed by atoms with Crippen LogP contribution in [0.5, 0.6) is 5.88 Å². The summed E-state index contributed by atoms with van der Waals surface area (Å²) in [5, 5.41) is 2.09. The third-order valence-electron chi connectivity index (χ3n) is 4.09. The van der Waals surface area contributed by atoms with Gasteiger partial charge in [-0.2, -0.15) is 0 Å². The first-order chi connectivity index (χ1) is 9.68. The van der Waals surface area contributed by atoms with Crippen LogP contribution in [0.2, 0.25) is 0 Å². The predicted molar refractivity (Wildman–Crippen MR) is 82.3 cm³/mol. The Kier molecular flexibility index (Phi) is 3.89. The van der Waals surface area contributed by atoms with Gasteiger partial charge in [0.05, 0.1) is 11.1 Å². The Labute approximate surface area is 123 Å². The van der Waals surface area contributed by atoms with Gasteiger partial charge in [0.15, 0.2) is 0 Å². The number of nitrogens with zero attached hydrogens (tertiary/aromatic N) is 2. The lowest BCUT2D eigenvalue weighted by Crippen LogP contribution is -2.45. The molecule has 3 rings (SSSR count). The molecule has 0 unspecified atom stereocenters. The molecule has 0 atom stereocenters. The van der Waals surface area contributed by atoms with E-state index in [9.17, 15) is 0 Å². The van der Waals surface area contributed by atoms with Crippen LogP contribution in [0, 0.1) is 6.92 Å². The third-order valence-corrected chi connectivity index (χ3v) is 5.17. The minimum atomic E-state index is -0.194. The Morgan fingerprint density at radius 2 is 2.00 bits per heavy atom. The van der Waals surface area contributed by atoms with Crippen LogP contribution in [0.1, 0.15) is 44.1 Å². The van der Waals surface area contributed by atoms with Crippen molar-refractivity contribution in [2.24, 2.45) is 5.73 Å². The van der Waals surface area contributed by atoms with E-state index in [1.807, 2.05) is 0 Å². The summed E-state index contributed by atoms with van der Waals surface area (Å²) < 4.78 is 6.99. The highest BCUT2D eigenvalue weighted by Crippen LogP contribution is 2.31. The molecule has 0 spiro atoms. The first kappa shape index (κ1) is 13.8. The molecule has 1 aliphatic carbocycles. The second-order valence-corrected chi connectivity index (χ2v) is 6.72. The number of aryl methyl sites for hydroxylation is 1. The van der Waals surface area contributed by atoms with Gasteiger partial charge in [0.25, 0.3) is 0 Å². The van der Waals surface area contributed by atoms with Gasteiger partial charge in [-0.15, -0.1) is 11.3 Å². The van der Waals surface area contributed by atoms with Gasteiger partial charge < -0.3 is 10.5 Å². The summed E-state index contributed by atoms with van der Waals surface area (Å²) in [4.78, 5) is 8.60. The Balaban J connectivity index is 1.76. The number of fused-ring (bicyclic) bond motifs is 1. The molecule has 5 heteroatoms. The first-order valence-corrected chi connectivity index (χ1v) is 8.16. The maximum absolute atomic E-state index is 6.49. The molecule has 0 aromatic carbocycles. The lowest BCUT2D eigenvalue weighted by molar-refractivity contribution is 0.196. The van der Waals surface area contributed by atoms with Crippen molar-refractivity contribution in [3.63, 3.8) is 0 Å². The van der Waals surface area contributed by atoms with Gasteiger partial charge in [-0.3, -0.25) is 0 Å². The largest absolute Gasteiger partial charge is 0.475 e. The van der Waals surface area contributed by atoms with Crippen molar-refractivity contribution in [2.75, 3.05) is 6.61 Å². The Bertz CT molecular complexity index is 588. The van der Waals surface area contributed by atoms with E-state index in [-0.39, 0.29) is 5.54 Å². The zero-order valence-corrected chi connectivity index (χ0v) is 12.7. The van der Waals surface area contributed by atoms with Crippen molar-refractivity contribution in [1.29, 1.82) is 0 Å². The summed E-state index contributed by atoms with van der Waals surface area (Å²) >= 11 is 1.64. The first-order valence-electron chi connectivity index (χ1n) is 7.28. The molecule has 1 fully saturated rings. The molecule has 20 heavy (non-hydrogen) atoms. The zero-order chi connectivity index (χ0) is 14.0. The normalized spacial score (nSPS) is 18.9. The molecule has 2 heterocycles. The number of aromatic nitrogens is 2. The third kappa shape index (κ3) is 2.79. The van der Waals surface area contributed by atoms with Gasteiger partial charge in [0.1, 0.15) is 17.6 Å². The fourth-order valence-corrected chi connectivity index (χ4v) is 3.78. The fraction of sp³-hybridized carbons (Fsp3) is 0.600. The number of hydrogen-bond donors (Lipinski definition) is 1. The fourth-order valence-electron chi connectivity index (χ4n) is 2.84. The summed E-state index contributed by atoms with van der Waals surface area (Å²) in [6, 6.07) is 0. The highest BCUT2D eigenvalue weighted by Gasteiger charge is 2.27. The Morgan fingerprint density at radius 3 is 2.75 bits per heavy atom. The lowest BCUT2D eigenvalue weighted by atomic mass is 9.93. The van der Waals surface area contributed by atoms with Crippen LogP contribution in [-0.4, -0.2) is 22.1 Å². The molecule has 2 aromatic heterocycles. The molecule has 1 saturated carbocycles. The molecule has 108 valence electrons. The maximum Gasteiger partial charge on any atom is 0.234 e. The minimum absolute atomic E-state index is 0.194. The molecule has 2 N–H and O–H groups in total. The highest BCUT2D eigenvalue weighted by atomic mass is 32.1. The molecule has 0 amide bonds. The van der Waals surface area contributed by atoms with Crippen LogP contribution in [0.25, 0.3) is 10.2 Å². The average Bonchev–Trinajstić information content (AvgIpc) is 2.69. The van der Waals surface area contributed by atoms with Gasteiger partial charge in [0, 0.05) is 0 Å². The topological polar surface area (TPSA) is 61.0 Å². The molecule has 4 nitrogen and oxygen atoms in total. The standard InChI is InChI=1S/C15H21N3OS/c1-11-8-20-13-12(11)17-10-18-14(13)19-9-15(16)6-4-2-3-5-7-15/h8,10H,2-7,9,16H2,1H3. The van der Waals surface area contributed by atoms with Crippen LogP contribution >= 0.6 is 11.3 Å². The minimum Gasteiger partial charge on any atom is -0.475 e. The van der Waals surface area contributed by atoms with E-state index in [4.69, 9.17) is 10.5 Å². The number of nitrogens with two attached hydrogens (primary N) is 1. The Morgan fingerprint density at radius 1 is 1.25 bits per heavy atom. The smallest absolute Gasteiger partial charge is 0.234 e. The molecule has 2 aromatic rings. The second-order valence-electron chi connectivity index (χ2n) is 5.84. The van der Waals surface area contributed by atoms with Crippen molar-refractivity contribution in [3.8, 4) is 5.88 Å². The van der Waals surface area contributed by atoms with E-state index in [0.29, 0.717) is 12.5 Å². The van der Waals surface area contributed by atoms with Crippen LogP contribution in [0.15, 0.2) is 11.7 Å². The Hall–Kier alpha value is -1.20. The van der Waals surface area contributed by atoms with Crippen molar-refractivity contribution < 1.29 is 4.74 Å². The number of hydrogen-bond acceptors (Lipinski definition) is 5. The van der Waals surface area contributed by atoms with Crippen LogP contribution in [0.4, 0.5) is 0 Å². The molecule has 0 bridgehead atoms. The zero-order valence-electron chi connectivity index (χ0n) is 11.9. The summed E-state index contributed by atoms with van der Waals surface area (Å²) in [7, 11) is 0. The predicted octanol–water partition coefficient (Wildman–Crippen LogP) is 3.43. The van der Waals surface area contributed by atoms with Crippen LogP contribution in [-0.2, 0) is 0 Å². The molecule has 0 aliphatic heterocycles. The summed E-state index contributed by atoms with van der Waals surface area (Å²) in [6.45, 7) is 2.61. The maximum atomic E-state index is 6.49. The van der Waals surface area contributed by atoms with Gasteiger partial charge in [0.2, 0.25) is 5.88 Å². The summed E-state index contributed by atoms with van der Waals surface area (Å²) in [6.07, 6.45) is 8.67. The number of rotatable bonds is 3. The van der Waals surface area contributed by atoms with Crippen molar-refractivity contribution in [2.45, 2.75) is 51.0 Å². The van der Waals surface area contributed by atoms with E-state index in [1.165, 1.54) is 31.2 Å². The average molecular weight is 291 g/mol. The second kappa shape index (κ2) is 5.66. The lowest BCUT2D eigenvalue weighted by Gasteiger charge is -2.27. The van der Waals surface area contributed by atoms with Crippen molar-refractivity contribution in [3.05, 3.63) is 17.3 Å². The van der Waals surface area contributed by atoms with Crippen molar-refractivity contribution >= 4 is 21.6 Å². The van der Waals surface area contributed by atoms with Gasteiger partial charge in [-0.1, -0.05) is 25.7 Å². The number of thiophene rings is 1. The van der Waals surface area contributed by atoms with E-state index < -0.39 is 0 Å². The number of ether oxygens (including phenoxy) is 1. The highest BCUT2D eigenvalue weighted by molar-refractivity contribution is 7.17. The SMILES string of the molecule is Cc1csc2c(OCC3(N)CCCCCC3)ncnc12. The molecule has 0 radical (unpaired) electrons.